The third-order valence-electron chi connectivity index (χ3n) is 2.75. The minimum absolute atomic E-state index is 0.165. The lowest BCUT2D eigenvalue weighted by molar-refractivity contribution is -0.135. The molecule has 6 nitrogen and oxygen atoms in total. The van der Waals surface area contributed by atoms with E-state index in [0.29, 0.717) is 16.5 Å². The molecule has 0 atom stereocenters. The van der Waals surface area contributed by atoms with E-state index in [1.807, 2.05) is 22.6 Å². The summed E-state index contributed by atoms with van der Waals surface area (Å²) < 4.78 is 19.1. The fourth-order valence-electron chi connectivity index (χ4n) is 1.61. The third kappa shape index (κ3) is 4.86. The van der Waals surface area contributed by atoms with Crippen molar-refractivity contribution in [1.82, 2.24) is 5.32 Å². The quantitative estimate of drug-likeness (QED) is 0.164. The molecule has 0 aromatic heterocycles. The molecule has 1 N–H and O–H groups in total. The van der Waals surface area contributed by atoms with Crippen molar-refractivity contribution in [3.05, 3.63) is 43.6 Å². The number of hydrogen-bond acceptors (Lipinski definition) is 6. The van der Waals surface area contributed by atoms with E-state index >= 15 is 0 Å². The normalized spacial score (nSPS) is 17.8. The van der Waals surface area contributed by atoms with Crippen molar-refractivity contribution in [3.8, 4) is 0 Å². The molecule has 1 aromatic rings. The number of hydrogen-bond donors (Lipinski definition) is 1. The van der Waals surface area contributed by atoms with E-state index in [1.54, 1.807) is 6.07 Å². The number of benzene rings is 1. The first kappa shape index (κ1) is 19.1. The largest absolute Gasteiger partial charge is 0.466 e. The van der Waals surface area contributed by atoms with Crippen LogP contribution in [0.15, 0.2) is 33.3 Å². The number of amidine groups is 1. The van der Waals surface area contributed by atoms with E-state index in [2.05, 4.69) is 36.2 Å². The number of amides is 1. The molecule has 0 radical (unpaired) electrons. The van der Waals surface area contributed by atoms with Gasteiger partial charge in [0.05, 0.1) is 18.2 Å². The van der Waals surface area contributed by atoms with E-state index in [9.17, 15) is 14.0 Å². The summed E-state index contributed by atoms with van der Waals surface area (Å²) in [6, 6.07) is 3.12. The molecule has 0 spiro atoms. The number of halogens is 3. The smallest absolute Gasteiger partial charge is 0.331 e. The molecule has 24 heavy (non-hydrogen) atoms. The van der Waals surface area contributed by atoms with Crippen molar-refractivity contribution < 1.29 is 18.7 Å². The predicted octanol–water partition coefficient (Wildman–Crippen LogP) is 2.94. The van der Waals surface area contributed by atoms with Crippen molar-refractivity contribution >= 4 is 73.5 Å². The average Bonchev–Trinajstić information content (AvgIpc) is 2.87. The number of thioether (sulfide) groups is 1. The summed E-state index contributed by atoms with van der Waals surface area (Å²) >= 11 is 6.24. The topological polar surface area (TPSA) is 80.1 Å². The van der Waals surface area contributed by atoms with Crippen LogP contribution in [0.1, 0.15) is 11.1 Å². The Morgan fingerprint density at radius 1 is 1.54 bits per heavy atom. The molecule has 1 amide bonds. The zero-order valence-electron chi connectivity index (χ0n) is 12.2. The molecule has 0 aliphatic carbocycles. The van der Waals surface area contributed by atoms with E-state index in [1.165, 1.54) is 19.4 Å². The fourth-order valence-corrected chi connectivity index (χ4v) is 4.25. The van der Waals surface area contributed by atoms with Gasteiger partial charge in [-0.3, -0.25) is 10.1 Å². The lowest BCUT2D eigenvalue weighted by atomic mass is 10.1. The minimum Gasteiger partial charge on any atom is -0.466 e. The van der Waals surface area contributed by atoms with Crippen LogP contribution in [0.2, 0.25) is 0 Å². The Labute approximate surface area is 163 Å². The Bertz CT molecular complexity index is 760. The van der Waals surface area contributed by atoms with Gasteiger partial charge in [0.15, 0.2) is 5.17 Å². The number of ether oxygens (including phenoxy) is 1. The van der Waals surface area contributed by atoms with E-state index < -0.39 is 11.9 Å². The highest BCUT2D eigenvalue weighted by atomic mass is 127. The number of carbonyl (C=O) groups excluding carboxylic acids is 2. The maximum Gasteiger partial charge on any atom is 0.331 e. The lowest BCUT2D eigenvalue weighted by Gasteiger charge is -2.03. The molecule has 0 unspecified atom stereocenters. The van der Waals surface area contributed by atoms with E-state index in [-0.39, 0.29) is 15.9 Å². The molecule has 1 aliphatic rings. The zero-order chi connectivity index (χ0) is 17.7. The molecule has 1 heterocycles. The van der Waals surface area contributed by atoms with Crippen molar-refractivity contribution in [1.29, 1.82) is 0 Å². The van der Waals surface area contributed by atoms with Gasteiger partial charge in [-0.1, -0.05) is 15.9 Å². The van der Waals surface area contributed by atoms with Crippen LogP contribution < -0.4 is 5.32 Å². The van der Waals surface area contributed by atoms with Crippen LogP contribution in [0.3, 0.4) is 0 Å². The molecule has 1 aliphatic heterocycles. The second kappa shape index (κ2) is 8.72. The summed E-state index contributed by atoms with van der Waals surface area (Å²) in [6.07, 6.45) is 2.45. The third-order valence-corrected chi connectivity index (χ3v) is 5.18. The standard InChI is InChI=1S/C14H10BrFIN3O3S/c1-23-12(21)4-11-13(22)19-14(24-11)20-18-6-7-2-9(16)8(5-15)10(17)3-7/h2-4,6H,5H2,1H3,(H,19,20,22)/b11-4+,18-6?. The molecular formula is C14H10BrFIN3O3S. The van der Waals surface area contributed by atoms with Gasteiger partial charge in [0.25, 0.3) is 5.91 Å². The summed E-state index contributed by atoms with van der Waals surface area (Å²) in [6.45, 7) is 0. The molecule has 1 aromatic carbocycles. The van der Waals surface area contributed by atoms with E-state index in [4.69, 9.17) is 0 Å². The molecule has 0 saturated carbocycles. The monoisotopic (exact) mass is 525 g/mol. The van der Waals surface area contributed by atoms with Gasteiger partial charge < -0.3 is 4.74 Å². The van der Waals surface area contributed by atoms with Gasteiger partial charge >= 0.3 is 5.97 Å². The summed E-state index contributed by atoms with van der Waals surface area (Å²) in [5.74, 6) is -1.42. The molecule has 10 heteroatoms. The highest BCUT2D eigenvalue weighted by Crippen LogP contribution is 2.23. The van der Waals surface area contributed by atoms with Crippen LogP contribution in [-0.4, -0.2) is 30.4 Å². The highest BCUT2D eigenvalue weighted by Gasteiger charge is 2.24. The van der Waals surface area contributed by atoms with E-state index in [0.717, 1.165) is 21.4 Å². The first-order valence-corrected chi connectivity index (χ1v) is 9.40. The maximum absolute atomic E-state index is 13.9. The molecule has 2 rings (SSSR count). The van der Waals surface area contributed by atoms with Crippen LogP contribution >= 0.6 is 50.3 Å². The van der Waals surface area contributed by atoms with Crippen molar-refractivity contribution in [2.75, 3.05) is 7.11 Å². The first-order valence-electron chi connectivity index (χ1n) is 6.38. The lowest BCUT2D eigenvalue weighted by Crippen LogP contribution is -2.19. The molecule has 1 saturated heterocycles. The van der Waals surface area contributed by atoms with Gasteiger partial charge in [-0.25, -0.2) is 9.18 Å². The molecular weight excluding hydrogens is 516 g/mol. The Balaban J connectivity index is 2.12. The SMILES string of the molecule is COC(=O)/C=C1/S/C(=N\N=Cc2cc(F)c(CBr)c(I)c2)NC1=O. The number of carbonyl (C=O) groups is 2. The van der Waals surface area contributed by atoms with Crippen LogP contribution in [0.5, 0.6) is 0 Å². The number of esters is 1. The number of alkyl halides is 1. The summed E-state index contributed by atoms with van der Waals surface area (Å²) in [4.78, 5) is 22.9. The van der Waals surface area contributed by atoms with Gasteiger partial charge in [0.2, 0.25) is 0 Å². The second-order valence-electron chi connectivity index (χ2n) is 4.33. The molecule has 1 fully saturated rings. The van der Waals surface area contributed by atoms with Gasteiger partial charge in [0.1, 0.15) is 5.82 Å². The van der Waals surface area contributed by atoms with Crippen LogP contribution in [0.25, 0.3) is 0 Å². The summed E-state index contributed by atoms with van der Waals surface area (Å²) in [5, 5.41) is 10.8. The molecule has 126 valence electrons. The van der Waals surface area contributed by atoms with Gasteiger partial charge in [0, 0.05) is 20.5 Å². The minimum atomic E-state index is -0.630. The Kier molecular flexibility index (Phi) is 6.92. The highest BCUT2D eigenvalue weighted by molar-refractivity contribution is 14.1. The van der Waals surface area contributed by atoms with Crippen molar-refractivity contribution in [2.45, 2.75) is 5.33 Å². The number of nitrogens with zero attached hydrogens (tertiary/aromatic N) is 2. The van der Waals surface area contributed by atoms with Gasteiger partial charge in [-0.2, -0.15) is 5.10 Å². The predicted molar refractivity (Wildman–Crippen MR) is 103 cm³/mol. The maximum atomic E-state index is 13.9. The van der Waals surface area contributed by atoms with Crippen LogP contribution in [-0.2, 0) is 19.7 Å². The Hall–Kier alpha value is -1.27. The van der Waals surface area contributed by atoms with Crippen LogP contribution in [0.4, 0.5) is 4.39 Å². The van der Waals surface area contributed by atoms with Crippen molar-refractivity contribution in [2.24, 2.45) is 10.2 Å². The Morgan fingerprint density at radius 2 is 2.29 bits per heavy atom. The zero-order valence-corrected chi connectivity index (χ0v) is 16.7. The average molecular weight is 526 g/mol. The molecule has 0 bridgehead atoms. The van der Waals surface area contributed by atoms with Crippen LogP contribution in [0, 0.1) is 9.39 Å². The van der Waals surface area contributed by atoms with Gasteiger partial charge in [-0.15, -0.1) is 5.10 Å². The summed E-state index contributed by atoms with van der Waals surface area (Å²) in [5.41, 5.74) is 1.13. The number of rotatable bonds is 4. The first-order chi connectivity index (χ1) is 11.4. The number of methoxy groups -OCH3 is 1. The van der Waals surface area contributed by atoms with Gasteiger partial charge in [-0.05, 0) is 52.0 Å². The number of nitrogens with one attached hydrogen (secondary N) is 1. The second-order valence-corrected chi connectivity index (χ2v) is 7.09. The summed E-state index contributed by atoms with van der Waals surface area (Å²) in [7, 11) is 1.22. The fraction of sp³-hybridized carbons (Fsp3) is 0.143. The Morgan fingerprint density at radius 3 is 2.92 bits per heavy atom. The van der Waals surface area contributed by atoms with Crippen molar-refractivity contribution in [3.63, 3.8) is 0 Å².